The zero-order valence-corrected chi connectivity index (χ0v) is 8.24. The third-order valence-electron chi connectivity index (χ3n) is 2.04. The highest BCUT2D eigenvalue weighted by Gasteiger charge is 2.08. The minimum atomic E-state index is 0.693. The van der Waals surface area contributed by atoms with E-state index in [0.29, 0.717) is 5.92 Å². The summed E-state index contributed by atoms with van der Waals surface area (Å²) in [4.78, 5) is 0. The molecule has 1 aromatic rings. The number of hydrogen-bond acceptors (Lipinski definition) is 2. The van der Waals surface area contributed by atoms with Crippen LogP contribution in [0.3, 0.4) is 0 Å². The Labute approximate surface area is 72.6 Å². The molecule has 0 saturated heterocycles. The lowest BCUT2D eigenvalue weighted by atomic mass is 9.98. The molecule has 2 heteroatoms. The van der Waals surface area contributed by atoms with E-state index < -0.39 is 0 Å². The predicted octanol–water partition coefficient (Wildman–Crippen LogP) is 3.36. The fourth-order valence-corrected chi connectivity index (χ4v) is 2.19. The predicted molar refractivity (Wildman–Crippen MR) is 50.2 cm³/mol. The van der Waals surface area contributed by atoms with E-state index in [1.807, 2.05) is 0 Å². The molecule has 0 saturated carbocycles. The van der Waals surface area contributed by atoms with Crippen LogP contribution in [0.25, 0.3) is 0 Å². The quantitative estimate of drug-likeness (QED) is 0.676. The first kappa shape index (κ1) is 8.72. The van der Waals surface area contributed by atoms with Gasteiger partial charge in [-0.05, 0) is 36.4 Å². The Morgan fingerprint density at radius 3 is 2.82 bits per heavy atom. The van der Waals surface area contributed by atoms with Crippen molar-refractivity contribution in [1.29, 1.82) is 0 Å². The van der Waals surface area contributed by atoms with E-state index >= 15 is 0 Å². The summed E-state index contributed by atoms with van der Waals surface area (Å²) in [5.74, 6) is 0.693. The van der Waals surface area contributed by atoms with Gasteiger partial charge in [0.05, 0.1) is 5.69 Å². The van der Waals surface area contributed by atoms with Crippen LogP contribution in [0.2, 0.25) is 0 Å². The van der Waals surface area contributed by atoms with Gasteiger partial charge in [-0.15, -0.1) is 0 Å². The van der Waals surface area contributed by atoms with Crippen molar-refractivity contribution in [2.24, 2.45) is 0 Å². The van der Waals surface area contributed by atoms with E-state index in [-0.39, 0.29) is 0 Å². The second-order valence-corrected chi connectivity index (χ2v) is 3.67. The molecule has 1 unspecified atom stereocenters. The summed E-state index contributed by atoms with van der Waals surface area (Å²) in [6.07, 6.45) is 2.54. The molecule has 1 aromatic heterocycles. The average molecular weight is 169 g/mol. The fourth-order valence-electron chi connectivity index (χ4n) is 1.36. The highest BCUT2D eigenvalue weighted by molar-refractivity contribution is 7.03. The molecule has 11 heavy (non-hydrogen) atoms. The van der Waals surface area contributed by atoms with E-state index in [0.717, 1.165) is 0 Å². The molecule has 1 atom stereocenters. The van der Waals surface area contributed by atoms with Gasteiger partial charge < -0.3 is 0 Å². The van der Waals surface area contributed by atoms with Crippen molar-refractivity contribution < 1.29 is 0 Å². The summed E-state index contributed by atoms with van der Waals surface area (Å²) in [5, 5.41) is 2.18. The van der Waals surface area contributed by atoms with Gasteiger partial charge in [-0.25, -0.2) is 0 Å². The van der Waals surface area contributed by atoms with Crippen LogP contribution in [0, 0.1) is 6.92 Å². The molecular formula is C9H15NS. The van der Waals surface area contributed by atoms with Crippen LogP contribution in [-0.4, -0.2) is 4.37 Å². The van der Waals surface area contributed by atoms with Gasteiger partial charge in [0, 0.05) is 5.38 Å². The first-order valence-electron chi connectivity index (χ1n) is 4.16. The second-order valence-electron chi connectivity index (χ2n) is 3.05. The minimum absolute atomic E-state index is 0.693. The summed E-state index contributed by atoms with van der Waals surface area (Å²) in [6, 6.07) is 0. The third kappa shape index (κ3) is 2.03. The van der Waals surface area contributed by atoms with Gasteiger partial charge in [-0.3, -0.25) is 0 Å². The van der Waals surface area contributed by atoms with E-state index in [1.54, 1.807) is 11.5 Å². The van der Waals surface area contributed by atoms with E-state index in [1.165, 1.54) is 24.1 Å². The molecule has 0 aliphatic heterocycles. The van der Waals surface area contributed by atoms with Crippen molar-refractivity contribution in [3.63, 3.8) is 0 Å². The van der Waals surface area contributed by atoms with Crippen molar-refractivity contribution in [1.82, 2.24) is 4.37 Å². The number of aryl methyl sites for hydroxylation is 1. The molecule has 0 aliphatic rings. The smallest absolute Gasteiger partial charge is 0.0545 e. The average Bonchev–Trinajstić information content (AvgIpc) is 2.36. The summed E-state index contributed by atoms with van der Waals surface area (Å²) in [7, 11) is 0. The maximum absolute atomic E-state index is 4.26. The SMILES string of the molecule is CCCC(C)c1csnc1C. The third-order valence-corrected chi connectivity index (χ3v) is 2.78. The summed E-state index contributed by atoms with van der Waals surface area (Å²) in [5.41, 5.74) is 2.66. The van der Waals surface area contributed by atoms with E-state index in [4.69, 9.17) is 0 Å². The Kier molecular flexibility index (Phi) is 3.06. The number of hydrogen-bond donors (Lipinski definition) is 0. The number of aromatic nitrogens is 1. The van der Waals surface area contributed by atoms with Gasteiger partial charge in [-0.1, -0.05) is 20.3 Å². The van der Waals surface area contributed by atoms with Gasteiger partial charge >= 0.3 is 0 Å². The largest absolute Gasteiger partial charge is 0.198 e. The van der Waals surface area contributed by atoms with Crippen molar-refractivity contribution >= 4 is 11.5 Å². The Morgan fingerprint density at radius 2 is 2.36 bits per heavy atom. The maximum atomic E-state index is 4.26. The van der Waals surface area contributed by atoms with Gasteiger partial charge in [0.15, 0.2) is 0 Å². The molecule has 0 amide bonds. The van der Waals surface area contributed by atoms with Crippen LogP contribution in [0.4, 0.5) is 0 Å². The molecule has 1 rings (SSSR count). The summed E-state index contributed by atoms with van der Waals surface area (Å²) >= 11 is 1.57. The Bertz CT molecular complexity index is 217. The van der Waals surface area contributed by atoms with E-state index in [2.05, 4.69) is 30.5 Å². The van der Waals surface area contributed by atoms with Crippen molar-refractivity contribution in [3.8, 4) is 0 Å². The second kappa shape index (κ2) is 3.86. The minimum Gasteiger partial charge on any atom is -0.198 e. The molecule has 0 aliphatic carbocycles. The molecule has 0 fully saturated rings. The Morgan fingerprint density at radius 1 is 1.64 bits per heavy atom. The summed E-state index contributed by atoms with van der Waals surface area (Å²) < 4.78 is 4.26. The standard InChI is InChI=1S/C9H15NS/c1-4-5-7(2)9-6-11-10-8(9)3/h6-7H,4-5H2,1-3H3. The first-order chi connectivity index (χ1) is 5.25. The topological polar surface area (TPSA) is 12.9 Å². The monoisotopic (exact) mass is 169 g/mol. The molecule has 62 valence electrons. The molecule has 0 bridgehead atoms. The van der Waals surface area contributed by atoms with Crippen molar-refractivity contribution in [2.45, 2.75) is 39.5 Å². The van der Waals surface area contributed by atoms with Crippen LogP contribution >= 0.6 is 11.5 Å². The molecule has 1 nitrogen and oxygen atoms in total. The molecule has 1 heterocycles. The lowest BCUT2D eigenvalue weighted by Crippen LogP contribution is -1.92. The Hall–Kier alpha value is -0.370. The lowest BCUT2D eigenvalue weighted by molar-refractivity contribution is 0.662. The van der Waals surface area contributed by atoms with Gasteiger partial charge in [-0.2, -0.15) is 4.37 Å². The van der Waals surface area contributed by atoms with Crippen molar-refractivity contribution in [2.75, 3.05) is 0 Å². The highest BCUT2D eigenvalue weighted by Crippen LogP contribution is 2.24. The van der Waals surface area contributed by atoms with Crippen LogP contribution in [0.1, 0.15) is 43.9 Å². The van der Waals surface area contributed by atoms with E-state index in [9.17, 15) is 0 Å². The normalized spacial score (nSPS) is 13.4. The molecular weight excluding hydrogens is 154 g/mol. The van der Waals surface area contributed by atoms with Crippen LogP contribution < -0.4 is 0 Å². The highest BCUT2D eigenvalue weighted by atomic mass is 32.1. The lowest BCUT2D eigenvalue weighted by Gasteiger charge is -2.07. The molecule has 0 N–H and O–H groups in total. The maximum Gasteiger partial charge on any atom is 0.0545 e. The zero-order valence-electron chi connectivity index (χ0n) is 7.42. The molecule has 0 radical (unpaired) electrons. The van der Waals surface area contributed by atoms with Crippen molar-refractivity contribution in [3.05, 3.63) is 16.6 Å². The fraction of sp³-hybridized carbons (Fsp3) is 0.667. The summed E-state index contributed by atoms with van der Waals surface area (Å²) in [6.45, 7) is 6.60. The molecule has 0 aromatic carbocycles. The first-order valence-corrected chi connectivity index (χ1v) is 5.00. The number of nitrogens with zero attached hydrogens (tertiary/aromatic N) is 1. The number of rotatable bonds is 3. The molecule has 0 spiro atoms. The van der Waals surface area contributed by atoms with Crippen LogP contribution in [0.5, 0.6) is 0 Å². The Balaban J connectivity index is 2.67. The van der Waals surface area contributed by atoms with Gasteiger partial charge in [0.2, 0.25) is 0 Å². The van der Waals surface area contributed by atoms with Gasteiger partial charge in [0.25, 0.3) is 0 Å². The zero-order chi connectivity index (χ0) is 8.27. The van der Waals surface area contributed by atoms with Crippen LogP contribution in [0.15, 0.2) is 5.38 Å². The van der Waals surface area contributed by atoms with Crippen LogP contribution in [-0.2, 0) is 0 Å². The van der Waals surface area contributed by atoms with Gasteiger partial charge in [0.1, 0.15) is 0 Å².